The Labute approximate surface area is 297 Å². The molecule has 0 aromatic heterocycles. The molecule has 7 nitrogen and oxygen atoms in total. The van der Waals surface area contributed by atoms with Gasteiger partial charge in [-0.15, -0.1) is 0 Å². The van der Waals surface area contributed by atoms with E-state index in [2.05, 4.69) is 5.32 Å². The Morgan fingerprint density at radius 3 is 2.15 bits per heavy atom. The molecule has 1 fully saturated rings. The molecular formula is C37H38Cl3N3O4S. The highest BCUT2D eigenvalue weighted by atomic mass is 35.5. The van der Waals surface area contributed by atoms with Crippen LogP contribution in [0.3, 0.4) is 0 Å². The summed E-state index contributed by atoms with van der Waals surface area (Å²) < 4.78 is 29.4. The van der Waals surface area contributed by atoms with Gasteiger partial charge in [-0.05, 0) is 72.9 Å². The summed E-state index contributed by atoms with van der Waals surface area (Å²) in [5.41, 5.74) is 2.39. The predicted octanol–water partition coefficient (Wildman–Crippen LogP) is 8.24. The number of aryl methyl sites for hydroxylation is 1. The summed E-state index contributed by atoms with van der Waals surface area (Å²) in [4.78, 5) is 30.4. The monoisotopic (exact) mass is 725 g/mol. The van der Waals surface area contributed by atoms with Crippen molar-refractivity contribution >= 4 is 62.3 Å². The first-order valence-corrected chi connectivity index (χ1v) is 18.5. The van der Waals surface area contributed by atoms with E-state index in [4.69, 9.17) is 34.8 Å². The molecule has 1 aliphatic rings. The van der Waals surface area contributed by atoms with Gasteiger partial charge < -0.3 is 10.2 Å². The molecule has 0 heterocycles. The molecule has 0 bridgehead atoms. The van der Waals surface area contributed by atoms with Crippen LogP contribution in [-0.2, 0) is 32.6 Å². The van der Waals surface area contributed by atoms with Gasteiger partial charge in [0.1, 0.15) is 12.6 Å². The largest absolute Gasteiger partial charge is 0.352 e. The van der Waals surface area contributed by atoms with Crippen molar-refractivity contribution in [2.45, 2.75) is 69.0 Å². The topological polar surface area (TPSA) is 86.8 Å². The van der Waals surface area contributed by atoms with Crippen molar-refractivity contribution in [1.82, 2.24) is 10.2 Å². The highest BCUT2D eigenvalue weighted by Crippen LogP contribution is 2.30. The second-order valence-corrected chi connectivity index (χ2v) is 15.2. The zero-order chi connectivity index (χ0) is 34.3. The van der Waals surface area contributed by atoms with Gasteiger partial charge in [-0.1, -0.05) is 115 Å². The number of hydrogen-bond donors (Lipinski definition) is 1. The second-order valence-electron chi connectivity index (χ2n) is 12.1. The standard InChI is InChI=1S/C37H38Cl3N3O4S/c1-26-17-20-31(23-33(26)39)43(48(46,47)32-15-9-4-10-16-32)25-36(44)42(24-28-18-19-29(38)22-34(28)40)35(21-27-11-5-2-6-12-27)37(45)41-30-13-7-3-8-14-30/h2,4-6,9-12,15-20,22-23,30,35H,3,7-8,13-14,21,24-25H2,1H3,(H,41,45). The number of anilines is 1. The van der Waals surface area contributed by atoms with Gasteiger partial charge in [0.2, 0.25) is 11.8 Å². The van der Waals surface area contributed by atoms with Gasteiger partial charge in [0.15, 0.2) is 0 Å². The minimum absolute atomic E-state index is 0.00903. The van der Waals surface area contributed by atoms with Crippen LogP contribution in [0.4, 0.5) is 5.69 Å². The molecule has 0 spiro atoms. The molecule has 252 valence electrons. The van der Waals surface area contributed by atoms with Gasteiger partial charge in [-0.25, -0.2) is 8.42 Å². The predicted molar refractivity (Wildman–Crippen MR) is 193 cm³/mol. The fraction of sp³-hybridized carbons (Fsp3) is 0.297. The number of sulfonamides is 1. The second kappa shape index (κ2) is 16.2. The summed E-state index contributed by atoms with van der Waals surface area (Å²) in [7, 11) is -4.24. The van der Waals surface area contributed by atoms with Crippen LogP contribution in [0.5, 0.6) is 0 Å². The first kappa shape index (κ1) is 35.7. The third-order valence-electron chi connectivity index (χ3n) is 8.63. The molecule has 1 N–H and O–H groups in total. The number of rotatable bonds is 12. The van der Waals surface area contributed by atoms with Crippen LogP contribution < -0.4 is 9.62 Å². The van der Waals surface area contributed by atoms with Crippen molar-refractivity contribution < 1.29 is 18.0 Å². The van der Waals surface area contributed by atoms with E-state index in [1.165, 1.54) is 23.1 Å². The van der Waals surface area contributed by atoms with Crippen molar-refractivity contribution in [2.75, 3.05) is 10.8 Å². The molecule has 5 rings (SSSR count). The number of benzene rings is 4. The Hall–Kier alpha value is -3.56. The van der Waals surface area contributed by atoms with Gasteiger partial charge in [-0.2, -0.15) is 0 Å². The summed E-state index contributed by atoms with van der Waals surface area (Å²) in [6, 6.07) is 26.2. The Balaban J connectivity index is 1.59. The van der Waals surface area contributed by atoms with Crippen LogP contribution in [0.1, 0.15) is 48.8 Å². The first-order valence-electron chi connectivity index (χ1n) is 15.9. The van der Waals surface area contributed by atoms with Crippen molar-refractivity contribution in [2.24, 2.45) is 0 Å². The van der Waals surface area contributed by atoms with Crippen molar-refractivity contribution in [3.05, 3.63) is 129 Å². The van der Waals surface area contributed by atoms with Crippen molar-refractivity contribution in [3.8, 4) is 0 Å². The molecule has 0 saturated heterocycles. The molecule has 48 heavy (non-hydrogen) atoms. The molecule has 1 aliphatic carbocycles. The van der Waals surface area contributed by atoms with Crippen LogP contribution in [0.2, 0.25) is 15.1 Å². The van der Waals surface area contributed by atoms with Gasteiger partial charge in [0.25, 0.3) is 10.0 Å². The molecule has 0 radical (unpaired) electrons. The van der Waals surface area contributed by atoms with Crippen LogP contribution in [-0.4, -0.2) is 43.8 Å². The number of amides is 2. The van der Waals surface area contributed by atoms with Gasteiger partial charge >= 0.3 is 0 Å². The fourth-order valence-corrected chi connectivity index (χ4v) is 7.99. The lowest BCUT2D eigenvalue weighted by molar-refractivity contribution is -0.140. The molecular weight excluding hydrogens is 689 g/mol. The Morgan fingerprint density at radius 1 is 0.833 bits per heavy atom. The zero-order valence-electron chi connectivity index (χ0n) is 26.6. The highest BCUT2D eigenvalue weighted by molar-refractivity contribution is 7.92. The van der Waals surface area contributed by atoms with Crippen LogP contribution >= 0.6 is 34.8 Å². The van der Waals surface area contributed by atoms with Crippen LogP contribution in [0.25, 0.3) is 0 Å². The first-order chi connectivity index (χ1) is 23.0. The van der Waals surface area contributed by atoms with Crippen LogP contribution in [0, 0.1) is 6.92 Å². The molecule has 2 amide bonds. The number of carbonyl (C=O) groups excluding carboxylic acids is 2. The Morgan fingerprint density at radius 2 is 1.50 bits per heavy atom. The smallest absolute Gasteiger partial charge is 0.264 e. The number of nitrogens with one attached hydrogen (secondary N) is 1. The van der Waals surface area contributed by atoms with Crippen molar-refractivity contribution in [3.63, 3.8) is 0 Å². The van der Waals surface area contributed by atoms with Gasteiger partial charge in [0.05, 0.1) is 10.6 Å². The van der Waals surface area contributed by atoms with E-state index in [1.807, 2.05) is 37.3 Å². The van der Waals surface area contributed by atoms with E-state index in [0.29, 0.717) is 20.6 Å². The number of carbonyl (C=O) groups is 2. The van der Waals surface area contributed by atoms with Gasteiger partial charge in [0, 0.05) is 34.1 Å². The van der Waals surface area contributed by atoms with E-state index >= 15 is 0 Å². The lowest BCUT2D eigenvalue weighted by atomic mass is 9.94. The molecule has 11 heteroatoms. The average Bonchev–Trinajstić information content (AvgIpc) is 3.08. The number of hydrogen-bond acceptors (Lipinski definition) is 4. The third kappa shape index (κ3) is 8.91. The average molecular weight is 727 g/mol. The zero-order valence-corrected chi connectivity index (χ0v) is 29.7. The fourth-order valence-electron chi connectivity index (χ4n) is 5.92. The summed E-state index contributed by atoms with van der Waals surface area (Å²) in [5, 5.41) is 4.31. The maximum absolute atomic E-state index is 14.7. The molecule has 1 saturated carbocycles. The summed E-state index contributed by atoms with van der Waals surface area (Å²) in [6.45, 7) is 1.16. The SMILES string of the molecule is Cc1ccc(N(CC(=O)N(Cc2ccc(Cl)cc2Cl)C(Cc2ccccc2)C(=O)NC2CCCCC2)S(=O)(=O)c2ccccc2)cc1Cl. The summed E-state index contributed by atoms with van der Waals surface area (Å²) >= 11 is 19.3. The lowest BCUT2D eigenvalue weighted by Gasteiger charge is -2.35. The highest BCUT2D eigenvalue weighted by Gasteiger charge is 2.36. The normalized spacial score (nSPS) is 14.2. The van der Waals surface area contributed by atoms with E-state index in [1.54, 1.807) is 48.5 Å². The maximum Gasteiger partial charge on any atom is 0.264 e. The molecule has 0 aliphatic heterocycles. The van der Waals surface area contributed by atoms with E-state index in [-0.39, 0.29) is 35.5 Å². The maximum atomic E-state index is 14.7. The number of halogens is 3. The van der Waals surface area contributed by atoms with E-state index in [0.717, 1.165) is 47.5 Å². The molecule has 1 unspecified atom stereocenters. The summed E-state index contributed by atoms with van der Waals surface area (Å²) in [5.74, 6) is -0.892. The lowest BCUT2D eigenvalue weighted by Crippen LogP contribution is -2.55. The molecule has 4 aromatic carbocycles. The van der Waals surface area contributed by atoms with Crippen molar-refractivity contribution in [1.29, 1.82) is 0 Å². The minimum Gasteiger partial charge on any atom is -0.352 e. The minimum atomic E-state index is -4.24. The quantitative estimate of drug-likeness (QED) is 0.159. The molecule has 1 atom stereocenters. The van der Waals surface area contributed by atoms with Crippen LogP contribution in [0.15, 0.2) is 102 Å². The third-order valence-corrected chi connectivity index (χ3v) is 11.4. The summed E-state index contributed by atoms with van der Waals surface area (Å²) in [6.07, 6.45) is 5.08. The Kier molecular flexibility index (Phi) is 12.1. The number of nitrogens with zero attached hydrogens (tertiary/aromatic N) is 2. The molecule has 4 aromatic rings. The van der Waals surface area contributed by atoms with E-state index < -0.39 is 28.5 Å². The Bertz CT molecular complexity index is 1840. The van der Waals surface area contributed by atoms with Gasteiger partial charge in [-0.3, -0.25) is 13.9 Å². The van der Waals surface area contributed by atoms with E-state index in [9.17, 15) is 18.0 Å².